The van der Waals surface area contributed by atoms with Crippen LogP contribution in [-0.2, 0) is 18.4 Å². The molecule has 1 unspecified atom stereocenters. The van der Waals surface area contributed by atoms with Gasteiger partial charge in [0.25, 0.3) is 5.91 Å². The summed E-state index contributed by atoms with van der Waals surface area (Å²) in [6, 6.07) is 5.93. The van der Waals surface area contributed by atoms with Crippen molar-refractivity contribution in [3.05, 3.63) is 30.0 Å². The quantitative estimate of drug-likeness (QED) is 0.728. The van der Waals surface area contributed by atoms with Crippen LogP contribution in [0, 0.1) is 5.41 Å². The van der Waals surface area contributed by atoms with Crippen LogP contribution in [0.4, 0.5) is 4.79 Å². The number of likely N-dealkylation sites (tertiary alicyclic amines) is 1. The van der Waals surface area contributed by atoms with Gasteiger partial charge in [0.1, 0.15) is 11.8 Å². The highest BCUT2D eigenvalue weighted by Crippen LogP contribution is 2.46. The van der Waals surface area contributed by atoms with Crippen molar-refractivity contribution in [1.82, 2.24) is 19.3 Å². The van der Waals surface area contributed by atoms with E-state index in [1.54, 1.807) is 7.11 Å². The number of piperidine rings is 1. The number of fused-ring (bicyclic) bond motifs is 2. The number of hydrogen-bond donors (Lipinski definition) is 0. The number of rotatable bonds is 4. The van der Waals surface area contributed by atoms with E-state index >= 15 is 0 Å². The van der Waals surface area contributed by atoms with Gasteiger partial charge >= 0.3 is 6.03 Å². The van der Waals surface area contributed by atoms with E-state index in [4.69, 9.17) is 4.74 Å². The summed E-state index contributed by atoms with van der Waals surface area (Å²) in [4.78, 5) is 30.9. The van der Waals surface area contributed by atoms with Crippen molar-refractivity contribution in [3.63, 3.8) is 0 Å². The highest BCUT2D eigenvalue weighted by Gasteiger charge is 2.55. The number of imide groups is 1. The molecular weight excluding hydrogens is 380 g/mol. The molecule has 1 aromatic carbocycles. The second kappa shape index (κ2) is 7.01. The highest BCUT2D eigenvalue weighted by atomic mass is 16.5. The van der Waals surface area contributed by atoms with E-state index in [0.29, 0.717) is 6.54 Å². The molecule has 1 spiro atoms. The second-order valence-electron chi connectivity index (χ2n) is 9.14. The summed E-state index contributed by atoms with van der Waals surface area (Å²) in [5, 5.41) is 1.24. The molecule has 0 bridgehead atoms. The summed E-state index contributed by atoms with van der Waals surface area (Å²) in [5.41, 5.74) is 2.64. The molecule has 160 valence electrons. The van der Waals surface area contributed by atoms with Crippen LogP contribution in [-0.4, -0.2) is 70.5 Å². The number of likely N-dealkylation sites (N-methyl/N-ethyl adjacent to an activating group) is 1. The van der Waals surface area contributed by atoms with Gasteiger partial charge in [-0.15, -0.1) is 0 Å². The lowest BCUT2D eigenvalue weighted by Gasteiger charge is -2.39. The van der Waals surface area contributed by atoms with E-state index in [9.17, 15) is 9.59 Å². The minimum absolute atomic E-state index is 0.00603. The zero-order chi connectivity index (χ0) is 21.0. The smallest absolute Gasteiger partial charge is 0.327 e. The fraction of sp³-hybridized carbons (Fsp3) is 0.565. The molecule has 0 aliphatic carbocycles. The third kappa shape index (κ3) is 2.90. The SMILES string of the molecule is CCN1C(=O)C2CC3(CCN(Cc4cn(C)c5ccc(OC)cc45)CC3)CN2C1=O. The van der Waals surface area contributed by atoms with Crippen molar-refractivity contribution >= 4 is 22.8 Å². The number of hydrogen-bond acceptors (Lipinski definition) is 4. The van der Waals surface area contributed by atoms with Crippen molar-refractivity contribution in [1.29, 1.82) is 0 Å². The van der Waals surface area contributed by atoms with Crippen molar-refractivity contribution in [3.8, 4) is 5.75 Å². The summed E-state index contributed by atoms with van der Waals surface area (Å²) < 4.78 is 7.60. The molecule has 4 heterocycles. The molecule has 3 aliphatic rings. The molecule has 5 rings (SSSR count). The fourth-order valence-electron chi connectivity index (χ4n) is 5.69. The highest BCUT2D eigenvalue weighted by molar-refractivity contribution is 6.04. The first kappa shape index (κ1) is 19.4. The van der Waals surface area contributed by atoms with E-state index in [0.717, 1.165) is 51.2 Å². The number of aromatic nitrogens is 1. The molecular formula is C23H30N4O3. The van der Waals surface area contributed by atoms with Crippen LogP contribution < -0.4 is 4.74 Å². The van der Waals surface area contributed by atoms with Crippen molar-refractivity contribution in [2.45, 2.75) is 38.8 Å². The zero-order valence-electron chi connectivity index (χ0n) is 18.1. The van der Waals surface area contributed by atoms with E-state index in [2.05, 4.69) is 34.8 Å². The van der Waals surface area contributed by atoms with Gasteiger partial charge in [0.15, 0.2) is 0 Å². The van der Waals surface area contributed by atoms with Crippen molar-refractivity contribution < 1.29 is 14.3 Å². The molecule has 3 fully saturated rings. The third-order valence-corrected chi connectivity index (χ3v) is 7.44. The van der Waals surface area contributed by atoms with Crippen molar-refractivity contribution in [2.75, 3.05) is 33.3 Å². The average Bonchev–Trinajstić information content (AvgIpc) is 3.34. The van der Waals surface area contributed by atoms with Gasteiger partial charge in [0.05, 0.1) is 7.11 Å². The Balaban J connectivity index is 1.27. The number of carbonyl (C=O) groups is 2. The standard InChI is InChI=1S/C23H30N4O3/c1-4-26-21(28)20-12-23(15-27(20)22(26)29)7-9-25(10-8-23)14-16-13-24(2)19-6-5-17(30-3)11-18(16)19/h5-6,11,13,20H,4,7-10,12,14-15H2,1-3H3. The monoisotopic (exact) mass is 410 g/mol. The number of amides is 3. The number of urea groups is 1. The average molecular weight is 411 g/mol. The first-order chi connectivity index (χ1) is 14.4. The van der Waals surface area contributed by atoms with Gasteiger partial charge in [-0.2, -0.15) is 0 Å². The fourth-order valence-corrected chi connectivity index (χ4v) is 5.69. The first-order valence-electron chi connectivity index (χ1n) is 10.9. The Kier molecular flexibility index (Phi) is 4.54. The molecule has 1 atom stereocenters. The molecule has 0 saturated carbocycles. The molecule has 7 heteroatoms. The third-order valence-electron chi connectivity index (χ3n) is 7.44. The van der Waals surface area contributed by atoms with E-state index in [1.165, 1.54) is 21.4 Å². The number of aryl methyl sites for hydroxylation is 1. The number of ether oxygens (including phenoxy) is 1. The van der Waals surface area contributed by atoms with E-state index in [1.807, 2.05) is 17.9 Å². The molecule has 0 N–H and O–H groups in total. The lowest BCUT2D eigenvalue weighted by atomic mass is 9.76. The van der Waals surface area contributed by atoms with Gasteiger partial charge in [-0.25, -0.2) is 4.79 Å². The zero-order valence-corrected chi connectivity index (χ0v) is 18.1. The Hall–Kier alpha value is -2.54. The Morgan fingerprint density at radius 2 is 1.97 bits per heavy atom. The van der Waals surface area contributed by atoms with Crippen molar-refractivity contribution in [2.24, 2.45) is 12.5 Å². The normalized spacial score (nSPS) is 23.8. The van der Waals surface area contributed by atoms with E-state index < -0.39 is 0 Å². The minimum Gasteiger partial charge on any atom is -0.497 e. The van der Waals surface area contributed by atoms with Gasteiger partial charge in [-0.1, -0.05) is 0 Å². The van der Waals surface area contributed by atoms with Gasteiger partial charge in [0.2, 0.25) is 0 Å². The predicted molar refractivity (Wildman–Crippen MR) is 114 cm³/mol. The lowest BCUT2D eigenvalue weighted by molar-refractivity contribution is -0.128. The van der Waals surface area contributed by atoms with Gasteiger partial charge in [-0.05, 0) is 68.5 Å². The molecule has 3 aliphatic heterocycles. The van der Waals surface area contributed by atoms with Gasteiger partial charge in [0, 0.05) is 43.8 Å². The van der Waals surface area contributed by atoms with Crippen LogP contribution >= 0.6 is 0 Å². The van der Waals surface area contributed by atoms with Gasteiger partial charge in [-0.3, -0.25) is 14.6 Å². The Morgan fingerprint density at radius 3 is 2.63 bits per heavy atom. The van der Waals surface area contributed by atoms with E-state index in [-0.39, 0.29) is 23.4 Å². The van der Waals surface area contributed by atoms with Crippen LogP contribution in [0.2, 0.25) is 0 Å². The molecule has 2 aromatic rings. The van der Waals surface area contributed by atoms with Crippen LogP contribution in [0.25, 0.3) is 10.9 Å². The summed E-state index contributed by atoms with van der Waals surface area (Å²) in [7, 11) is 3.79. The van der Waals surface area contributed by atoms with Crippen LogP contribution in [0.1, 0.15) is 31.7 Å². The number of carbonyl (C=O) groups excluding carboxylic acids is 2. The van der Waals surface area contributed by atoms with Gasteiger partial charge < -0.3 is 14.2 Å². The molecule has 30 heavy (non-hydrogen) atoms. The predicted octanol–water partition coefficient (Wildman–Crippen LogP) is 2.83. The topological polar surface area (TPSA) is 58.0 Å². The number of nitrogens with zero attached hydrogens (tertiary/aromatic N) is 4. The number of methoxy groups -OCH3 is 1. The second-order valence-corrected chi connectivity index (χ2v) is 9.14. The summed E-state index contributed by atoms with van der Waals surface area (Å²) in [6.45, 7) is 5.99. The van der Waals surface area contributed by atoms with Crippen LogP contribution in [0.3, 0.4) is 0 Å². The maximum absolute atomic E-state index is 12.6. The largest absolute Gasteiger partial charge is 0.497 e. The summed E-state index contributed by atoms with van der Waals surface area (Å²) >= 11 is 0. The maximum Gasteiger partial charge on any atom is 0.327 e. The Bertz CT molecular complexity index is 979. The lowest BCUT2D eigenvalue weighted by Crippen LogP contribution is -2.43. The molecule has 1 aromatic heterocycles. The maximum atomic E-state index is 12.6. The number of benzene rings is 1. The van der Waals surface area contributed by atoms with Crippen LogP contribution in [0.15, 0.2) is 24.4 Å². The Labute approximate surface area is 177 Å². The Morgan fingerprint density at radius 1 is 1.20 bits per heavy atom. The molecule has 7 nitrogen and oxygen atoms in total. The first-order valence-corrected chi connectivity index (χ1v) is 10.9. The summed E-state index contributed by atoms with van der Waals surface area (Å²) in [6.07, 6.45) is 5.13. The molecule has 3 saturated heterocycles. The minimum atomic E-state index is -0.227. The molecule has 3 amide bonds. The molecule has 0 radical (unpaired) electrons. The summed E-state index contributed by atoms with van der Waals surface area (Å²) in [5.74, 6) is 0.890. The van der Waals surface area contributed by atoms with Crippen LogP contribution in [0.5, 0.6) is 5.75 Å².